The molecule has 0 amide bonds. The quantitative estimate of drug-likeness (QED) is 0.550. The molecule has 0 rings (SSSR count). The van der Waals surface area contributed by atoms with E-state index in [-0.39, 0.29) is 6.61 Å². The molecule has 98 valence electrons. The largest absolute Gasteiger partial charge is 0.394 e. The molecule has 0 aliphatic heterocycles. The lowest BCUT2D eigenvalue weighted by molar-refractivity contribution is 0.0283. The van der Waals surface area contributed by atoms with Crippen molar-refractivity contribution in [3.8, 4) is 0 Å². The maximum absolute atomic E-state index is 9.13. The zero-order valence-corrected chi connectivity index (χ0v) is 10.9. The minimum absolute atomic E-state index is 0.140. The number of unbranched alkanes of at least 4 members (excludes halogenated alkanes) is 1. The summed E-state index contributed by atoms with van der Waals surface area (Å²) in [5.41, 5.74) is 0. The van der Waals surface area contributed by atoms with Gasteiger partial charge in [0.05, 0.1) is 18.8 Å². The van der Waals surface area contributed by atoms with Crippen LogP contribution in [0.3, 0.4) is 0 Å². The van der Waals surface area contributed by atoms with E-state index in [0.717, 1.165) is 32.4 Å². The summed E-state index contributed by atoms with van der Waals surface area (Å²) in [5.74, 6) is 0. The van der Waals surface area contributed by atoms with E-state index in [9.17, 15) is 0 Å². The van der Waals surface area contributed by atoms with E-state index in [4.69, 9.17) is 14.9 Å². The molecule has 0 spiro atoms. The highest BCUT2D eigenvalue weighted by atomic mass is 16.5. The smallest absolute Gasteiger partial charge is 0.0771 e. The second kappa shape index (κ2) is 10.0. The molecule has 0 aromatic rings. The van der Waals surface area contributed by atoms with Gasteiger partial charge in [-0.1, -0.05) is 6.92 Å². The Labute approximate surface area is 99.2 Å². The summed E-state index contributed by atoms with van der Waals surface area (Å²) < 4.78 is 5.73. The molecular formula is C12H27NO3. The Balaban J connectivity index is 3.41. The number of likely N-dealkylation sites (N-methyl/N-ethyl adjacent to an activating group) is 1. The van der Waals surface area contributed by atoms with Crippen LogP contribution >= 0.6 is 0 Å². The summed E-state index contributed by atoms with van der Waals surface area (Å²) in [5, 5.41) is 17.8. The molecule has 16 heavy (non-hydrogen) atoms. The highest BCUT2D eigenvalue weighted by molar-refractivity contribution is 4.59. The van der Waals surface area contributed by atoms with Gasteiger partial charge in [0.15, 0.2) is 0 Å². The number of hydrogen-bond acceptors (Lipinski definition) is 4. The number of ether oxygens (including phenoxy) is 1. The van der Waals surface area contributed by atoms with Gasteiger partial charge in [-0.05, 0) is 39.8 Å². The van der Waals surface area contributed by atoms with Crippen LogP contribution in [0.1, 0.15) is 32.6 Å². The topological polar surface area (TPSA) is 52.9 Å². The van der Waals surface area contributed by atoms with Crippen molar-refractivity contribution in [3.05, 3.63) is 0 Å². The van der Waals surface area contributed by atoms with Crippen molar-refractivity contribution < 1.29 is 14.9 Å². The normalized spacial score (nSPS) is 15.4. The van der Waals surface area contributed by atoms with E-state index in [1.807, 2.05) is 14.1 Å². The van der Waals surface area contributed by atoms with Gasteiger partial charge >= 0.3 is 0 Å². The summed E-state index contributed by atoms with van der Waals surface area (Å²) in [6, 6.07) is 0. The van der Waals surface area contributed by atoms with Crippen molar-refractivity contribution in [1.29, 1.82) is 0 Å². The highest BCUT2D eigenvalue weighted by Crippen LogP contribution is 2.04. The van der Waals surface area contributed by atoms with Gasteiger partial charge in [-0.15, -0.1) is 0 Å². The van der Waals surface area contributed by atoms with E-state index in [1.54, 1.807) is 0 Å². The van der Waals surface area contributed by atoms with Crippen molar-refractivity contribution in [2.24, 2.45) is 0 Å². The van der Waals surface area contributed by atoms with Gasteiger partial charge in [-0.2, -0.15) is 0 Å². The predicted octanol–water partition coefficient (Wildman–Crippen LogP) is 0.867. The molecule has 0 saturated carbocycles. The number of aliphatic hydroxyl groups excluding tert-OH is 2. The third-order valence-corrected chi connectivity index (χ3v) is 2.52. The minimum atomic E-state index is -0.566. The first kappa shape index (κ1) is 15.8. The highest BCUT2D eigenvalue weighted by Gasteiger charge is 2.07. The molecule has 4 heteroatoms. The number of aliphatic hydroxyl groups is 2. The summed E-state index contributed by atoms with van der Waals surface area (Å²) in [7, 11) is 4.09. The van der Waals surface area contributed by atoms with Gasteiger partial charge < -0.3 is 19.8 Å². The fraction of sp³-hybridized carbons (Fsp3) is 1.00. The summed E-state index contributed by atoms with van der Waals surface area (Å²) in [6.45, 7) is 3.68. The Hall–Kier alpha value is -0.160. The molecule has 0 radical (unpaired) electrons. The molecular weight excluding hydrogens is 206 g/mol. The molecule has 4 nitrogen and oxygen atoms in total. The van der Waals surface area contributed by atoms with Gasteiger partial charge in [-0.25, -0.2) is 0 Å². The van der Waals surface area contributed by atoms with Crippen molar-refractivity contribution >= 4 is 0 Å². The molecule has 2 N–H and O–H groups in total. The Morgan fingerprint density at radius 3 is 2.44 bits per heavy atom. The first-order valence-electron chi connectivity index (χ1n) is 6.15. The van der Waals surface area contributed by atoms with Crippen molar-refractivity contribution in [1.82, 2.24) is 4.90 Å². The van der Waals surface area contributed by atoms with Crippen molar-refractivity contribution in [2.45, 2.75) is 44.8 Å². The molecule has 2 atom stereocenters. The Morgan fingerprint density at radius 1 is 1.25 bits per heavy atom. The first-order valence-corrected chi connectivity index (χ1v) is 6.15. The van der Waals surface area contributed by atoms with Crippen LogP contribution in [0.4, 0.5) is 0 Å². The maximum atomic E-state index is 9.13. The standard InChI is InChI=1S/C12H27NO3/c1-4-12(9-13(2)3)16-8-6-5-7-11(15)10-14/h11-12,14-15H,4-10H2,1-3H3. The third-order valence-electron chi connectivity index (χ3n) is 2.52. The van der Waals surface area contributed by atoms with E-state index in [2.05, 4.69) is 11.8 Å². The zero-order chi connectivity index (χ0) is 12.4. The zero-order valence-electron chi connectivity index (χ0n) is 10.9. The summed E-state index contributed by atoms with van der Waals surface area (Å²) in [6.07, 6.45) is 3.27. The van der Waals surface area contributed by atoms with Crippen LogP contribution in [0.25, 0.3) is 0 Å². The van der Waals surface area contributed by atoms with Crippen LogP contribution in [0.5, 0.6) is 0 Å². The van der Waals surface area contributed by atoms with Crippen LogP contribution in [0.2, 0.25) is 0 Å². The van der Waals surface area contributed by atoms with Gasteiger partial charge in [0, 0.05) is 13.2 Å². The van der Waals surface area contributed by atoms with Crippen LogP contribution in [0, 0.1) is 0 Å². The Kier molecular flexibility index (Phi) is 9.92. The summed E-state index contributed by atoms with van der Waals surface area (Å²) in [4.78, 5) is 2.13. The molecule has 0 bridgehead atoms. The van der Waals surface area contributed by atoms with E-state index < -0.39 is 6.10 Å². The second-order valence-electron chi connectivity index (χ2n) is 4.50. The van der Waals surface area contributed by atoms with E-state index in [0.29, 0.717) is 12.5 Å². The number of rotatable bonds is 10. The van der Waals surface area contributed by atoms with Gasteiger partial charge in [0.1, 0.15) is 0 Å². The first-order chi connectivity index (χ1) is 7.60. The van der Waals surface area contributed by atoms with Gasteiger partial charge in [0.25, 0.3) is 0 Å². The molecule has 2 unspecified atom stereocenters. The van der Waals surface area contributed by atoms with Crippen LogP contribution < -0.4 is 0 Å². The lowest BCUT2D eigenvalue weighted by atomic mass is 10.1. The fourth-order valence-electron chi connectivity index (χ4n) is 1.53. The lowest BCUT2D eigenvalue weighted by Crippen LogP contribution is -2.28. The molecule has 0 heterocycles. The minimum Gasteiger partial charge on any atom is -0.394 e. The number of nitrogens with zero attached hydrogens (tertiary/aromatic N) is 1. The molecule has 0 fully saturated rings. The number of hydrogen-bond donors (Lipinski definition) is 2. The van der Waals surface area contributed by atoms with Crippen LogP contribution in [-0.4, -0.2) is 61.2 Å². The van der Waals surface area contributed by atoms with Crippen LogP contribution in [-0.2, 0) is 4.74 Å². The SMILES string of the molecule is CCC(CN(C)C)OCCCCC(O)CO. The van der Waals surface area contributed by atoms with E-state index in [1.165, 1.54) is 0 Å². The average Bonchev–Trinajstić information content (AvgIpc) is 2.26. The fourth-order valence-corrected chi connectivity index (χ4v) is 1.53. The Bertz CT molecular complexity index is 153. The lowest BCUT2D eigenvalue weighted by Gasteiger charge is -2.20. The van der Waals surface area contributed by atoms with Gasteiger partial charge in [-0.3, -0.25) is 0 Å². The monoisotopic (exact) mass is 233 g/mol. The molecule has 0 aliphatic rings. The van der Waals surface area contributed by atoms with E-state index >= 15 is 0 Å². The van der Waals surface area contributed by atoms with Gasteiger partial charge in [0.2, 0.25) is 0 Å². The Morgan fingerprint density at radius 2 is 1.94 bits per heavy atom. The molecule has 0 aliphatic carbocycles. The van der Waals surface area contributed by atoms with Crippen LogP contribution in [0.15, 0.2) is 0 Å². The van der Waals surface area contributed by atoms with Crippen molar-refractivity contribution in [3.63, 3.8) is 0 Å². The van der Waals surface area contributed by atoms with Crippen molar-refractivity contribution in [2.75, 3.05) is 33.9 Å². The second-order valence-corrected chi connectivity index (χ2v) is 4.50. The molecule has 0 aromatic carbocycles. The molecule has 0 saturated heterocycles. The third kappa shape index (κ3) is 9.09. The predicted molar refractivity (Wildman–Crippen MR) is 65.5 cm³/mol. The maximum Gasteiger partial charge on any atom is 0.0771 e. The average molecular weight is 233 g/mol. The molecule has 0 aromatic heterocycles. The summed E-state index contributed by atoms with van der Waals surface area (Å²) >= 11 is 0.